The molecule has 1 N–H and O–H groups in total. The Bertz CT molecular complexity index is 1160. The van der Waals surface area contributed by atoms with Gasteiger partial charge in [-0.25, -0.2) is 21.1 Å². The highest BCUT2D eigenvalue weighted by Crippen LogP contribution is 2.22. The van der Waals surface area contributed by atoms with Crippen molar-refractivity contribution in [3.63, 3.8) is 0 Å². The molecule has 1 atom stereocenters. The first kappa shape index (κ1) is 24.8. The molecule has 0 aromatic heterocycles. The monoisotopic (exact) mass is 467 g/mol. The molecule has 0 heterocycles. The van der Waals surface area contributed by atoms with Gasteiger partial charge < -0.3 is 5.32 Å². The summed E-state index contributed by atoms with van der Waals surface area (Å²) in [5, 5.41) is 2.83. The molecule has 0 aliphatic heterocycles. The SMILES string of the molecule is Cc1ccc(C(C)NC(=O)CN(c2ccc(S(=O)(=O)N(C)C)cc2)S(C)(=O)=O)c(C)c1. The van der Waals surface area contributed by atoms with Crippen molar-refractivity contribution in [2.45, 2.75) is 31.7 Å². The van der Waals surface area contributed by atoms with Gasteiger partial charge in [0.05, 0.1) is 22.9 Å². The van der Waals surface area contributed by atoms with Crippen LogP contribution in [0.1, 0.15) is 29.7 Å². The van der Waals surface area contributed by atoms with Crippen molar-refractivity contribution in [1.82, 2.24) is 9.62 Å². The number of aryl methyl sites for hydroxylation is 2. The highest BCUT2D eigenvalue weighted by molar-refractivity contribution is 7.92. The third-order valence-electron chi connectivity index (χ3n) is 4.86. The van der Waals surface area contributed by atoms with Crippen LogP contribution in [0.5, 0.6) is 0 Å². The molecular formula is C21H29N3O5S2. The fourth-order valence-corrected chi connectivity index (χ4v) is 4.96. The Morgan fingerprint density at radius 2 is 1.58 bits per heavy atom. The van der Waals surface area contributed by atoms with Gasteiger partial charge in [-0.2, -0.15) is 0 Å². The van der Waals surface area contributed by atoms with Gasteiger partial charge in [-0.1, -0.05) is 23.8 Å². The molecule has 0 aliphatic rings. The van der Waals surface area contributed by atoms with Crippen LogP contribution in [0.4, 0.5) is 5.69 Å². The molecule has 170 valence electrons. The maximum absolute atomic E-state index is 12.6. The van der Waals surface area contributed by atoms with E-state index in [1.165, 1.54) is 38.4 Å². The molecule has 0 saturated heterocycles. The summed E-state index contributed by atoms with van der Waals surface area (Å²) < 4.78 is 51.1. The number of nitrogens with zero attached hydrogens (tertiary/aromatic N) is 2. The average molecular weight is 468 g/mol. The standard InChI is InChI=1S/C21H29N3O5S2/c1-15-7-12-20(16(2)13-15)17(3)22-21(25)14-24(30(6,26)27)18-8-10-19(11-9-18)31(28,29)23(4)5/h7-13,17H,14H2,1-6H3,(H,22,25). The predicted molar refractivity (Wildman–Crippen MR) is 122 cm³/mol. The Kier molecular flexibility index (Phi) is 7.51. The quantitative estimate of drug-likeness (QED) is 0.641. The number of rotatable bonds is 8. The first-order valence-corrected chi connectivity index (χ1v) is 12.9. The van der Waals surface area contributed by atoms with Crippen LogP contribution >= 0.6 is 0 Å². The van der Waals surface area contributed by atoms with Gasteiger partial charge in [0.15, 0.2) is 0 Å². The van der Waals surface area contributed by atoms with E-state index in [2.05, 4.69) is 5.32 Å². The van der Waals surface area contributed by atoms with Crippen molar-refractivity contribution >= 4 is 31.6 Å². The van der Waals surface area contributed by atoms with Crippen LogP contribution in [0.25, 0.3) is 0 Å². The fourth-order valence-electron chi connectivity index (χ4n) is 3.20. The van der Waals surface area contributed by atoms with Crippen molar-refractivity contribution in [3.05, 3.63) is 59.2 Å². The summed E-state index contributed by atoms with van der Waals surface area (Å²) in [4.78, 5) is 12.7. The number of carbonyl (C=O) groups excluding carboxylic acids is 1. The van der Waals surface area contributed by atoms with Crippen molar-refractivity contribution < 1.29 is 21.6 Å². The zero-order valence-corrected chi connectivity index (χ0v) is 20.2. The van der Waals surface area contributed by atoms with Gasteiger partial charge in [-0.05, 0) is 56.2 Å². The first-order chi connectivity index (χ1) is 14.2. The van der Waals surface area contributed by atoms with E-state index in [9.17, 15) is 21.6 Å². The Morgan fingerprint density at radius 1 is 1.00 bits per heavy atom. The molecule has 0 spiro atoms. The molecule has 0 fully saturated rings. The number of nitrogens with one attached hydrogen (secondary N) is 1. The number of amides is 1. The maximum atomic E-state index is 12.6. The molecule has 0 radical (unpaired) electrons. The molecule has 2 rings (SSSR count). The molecular weight excluding hydrogens is 438 g/mol. The van der Waals surface area contributed by atoms with E-state index < -0.39 is 32.5 Å². The van der Waals surface area contributed by atoms with Crippen molar-refractivity contribution in [3.8, 4) is 0 Å². The van der Waals surface area contributed by atoms with E-state index in [1.54, 1.807) is 0 Å². The van der Waals surface area contributed by atoms with Crippen LogP contribution in [0.3, 0.4) is 0 Å². The van der Waals surface area contributed by atoms with Crippen molar-refractivity contribution in [1.29, 1.82) is 0 Å². The molecule has 1 unspecified atom stereocenters. The largest absolute Gasteiger partial charge is 0.348 e. The summed E-state index contributed by atoms with van der Waals surface area (Å²) in [7, 11) is -4.60. The third kappa shape index (κ3) is 6.05. The molecule has 10 heteroatoms. The van der Waals surface area contributed by atoms with Crippen molar-refractivity contribution in [2.24, 2.45) is 0 Å². The maximum Gasteiger partial charge on any atom is 0.242 e. The predicted octanol–water partition coefficient (Wildman–Crippen LogP) is 2.20. The lowest BCUT2D eigenvalue weighted by atomic mass is 10.0. The van der Waals surface area contributed by atoms with Crippen LogP contribution in [0.15, 0.2) is 47.4 Å². The molecule has 31 heavy (non-hydrogen) atoms. The van der Waals surface area contributed by atoms with Crippen LogP contribution in [0, 0.1) is 13.8 Å². The van der Waals surface area contributed by atoms with E-state index in [4.69, 9.17) is 0 Å². The fraction of sp³-hybridized carbons (Fsp3) is 0.381. The van der Waals surface area contributed by atoms with Gasteiger partial charge in [0.1, 0.15) is 6.54 Å². The average Bonchev–Trinajstić information content (AvgIpc) is 2.65. The minimum absolute atomic E-state index is 0.0302. The van der Waals surface area contributed by atoms with E-state index in [-0.39, 0.29) is 16.6 Å². The first-order valence-electron chi connectivity index (χ1n) is 9.60. The smallest absolute Gasteiger partial charge is 0.242 e. The van der Waals surface area contributed by atoms with E-state index >= 15 is 0 Å². The number of benzene rings is 2. The summed E-state index contributed by atoms with van der Waals surface area (Å²) in [5.41, 5.74) is 3.30. The zero-order chi connectivity index (χ0) is 23.6. The van der Waals surface area contributed by atoms with E-state index in [1.807, 2.05) is 39.0 Å². The minimum Gasteiger partial charge on any atom is -0.348 e. The van der Waals surface area contributed by atoms with Crippen LogP contribution < -0.4 is 9.62 Å². The minimum atomic E-state index is -3.78. The number of sulfonamides is 2. The number of anilines is 1. The molecule has 0 bridgehead atoms. The normalized spacial score (nSPS) is 13.1. The zero-order valence-electron chi connectivity index (χ0n) is 18.6. The van der Waals surface area contributed by atoms with Crippen molar-refractivity contribution in [2.75, 3.05) is 31.2 Å². The van der Waals surface area contributed by atoms with Gasteiger partial charge in [-0.15, -0.1) is 0 Å². The molecule has 2 aromatic carbocycles. The Morgan fingerprint density at radius 3 is 2.06 bits per heavy atom. The summed E-state index contributed by atoms with van der Waals surface area (Å²) in [5.74, 6) is -0.470. The van der Waals surface area contributed by atoms with Gasteiger partial charge in [0.25, 0.3) is 0 Å². The van der Waals surface area contributed by atoms with Gasteiger partial charge in [-0.3, -0.25) is 9.10 Å². The second kappa shape index (κ2) is 9.37. The second-order valence-corrected chi connectivity index (χ2v) is 11.8. The molecule has 2 aromatic rings. The number of hydrogen-bond donors (Lipinski definition) is 1. The highest BCUT2D eigenvalue weighted by atomic mass is 32.2. The molecule has 8 nitrogen and oxygen atoms in total. The topological polar surface area (TPSA) is 104 Å². The van der Waals surface area contributed by atoms with E-state index in [0.717, 1.165) is 31.6 Å². The molecule has 0 aliphatic carbocycles. The van der Waals surface area contributed by atoms with Gasteiger partial charge in [0.2, 0.25) is 26.0 Å². The summed E-state index contributed by atoms with van der Waals surface area (Å²) in [6.45, 7) is 5.35. The summed E-state index contributed by atoms with van der Waals surface area (Å²) in [6, 6.07) is 11.0. The van der Waals surface area contributed by atoms with E-state index in [0.29, 0.717) is 0 Å². The van der Waals surface area contributed by atoms with Gasteiger partial charge >= 0.3 is 0 Å². The Hall–Kier alpha value is -2.43. The lowest BCUT2D eigenvalue weighted by Gasteiger charge is -2.24. The highest BCUT2D eigenvalue weighted by Gasteiger charge is 2.24. The van der Waals surface area contributed by atoms with Crippen LogP contribution in [-0.2, 0) is 24.8 Å². The Labute approximate surface area is 185 Å². The van der Waals surface area contributed by atoms with Crippen LogP contribution in [0.2, 0.25) is 0 Å². The lowest BCUT2D eigenvalue weighted by molar-refractivity contribution is -0.120. The summed E-state index contributed by atoms with van der Waals surface area (Å²) >= 11 is 0. The number of hydrogen-bond acceptors (Lipinski definition) is 5. The molecule has 0 saturated carbocycles. The Balaban J connectivity index is 2.23. The van der Waals surface area contributed by atoms with Crippen LogP contribution in [-0.4, -0.2) is 53.9 Å². The number of carbonyl (C=O) groups is 1. The third-order valence-corrected chi connectivity index (χ3v) is 7.83. The second-order valence-electron chi connectivity index (χ2n) is 7.70. The lowest BCUT2D eigenvalue weighted by Crippen LogP contribution is -2.41. The van der Waals surface area contributed by atoms with Gasteiger partial charge in [0, 0.05) is 14.1 Å². The summed E-state index contributed by atoms with van der Waals surface area (Å²) in [6.07, 6.45) is 0.998. The molecule has 1 amide bonds.